The Balaban J connectivity index is 1.64. The van der Waals surface area contributed by atoms with Crippen LogP contribution in [0.2, 0.25) is 0 Å². The van der Waals surface area contributed by atoms with E-state index in [1.54, 1.807) is 0 Å². The van der Waals surface area contributed by atoms with Crippen molar-refractivity contribution in [2.24, 2.45) is 5.73 Å². The molecular weight excluding hydrogens is 261 g/mol. The van der Waals surface area contributed by atoms with Crippen molar-refractivity contribution in [1.82, 2.24) is 0 Å². The predicted octanol–water partition coefficient (Wildman–Crippen LogP) is 5.16. The van der Waals surface area contributed by atoms with Crippen LogP contribution in [0.25, 0.3) is 0 Å². The van der Waals surface area contributed by atoms with Crippen LogP contribution in [-0.4, -0.2) is 0 Å². The first kappa shape index (κ1) is 16.0. The van der Waals surface area contributed by atoms with Crippen molar-refractivity contribution in [1.29, 1.82) is 0 Å². The van der Waals surface area contributed by atoms with E-state index in [0.29, 0.717) is 12.2 Å². The highest BCUT2D eigenvalue weighted by Crippen LogP contribution is 2.32. The zero-order valence-corrected chi connectivity index (χ0v) is 13.8. The standard InChI is InChI=1S/C18H29NP/c19-14-16-10-12-17(13-11-16)18(20)9-5-4-8-15-6-2-1-3-7-15/h10-13,18H,1-9,14,19-20H2. The highest BCUT2D eigenvalue weighted by molar-refractivity contribution is 7.17. The number of benzene rings is 1. The van der Waals surface area contributed by atoms with Crippen LogP contribution in [0.4, 0.5) is 0 Å². The third-order valence-electron chi connectivity index (χ3n) is 4.50. The largest absolute Gasteiger partial charge is 0.326 e. The average Bonchev–Trinajstić information content (AvgIpc) is 2.52. The Hall–Kier alpha value is -0.390. The fourth-order valence-electron chi connectivity index (χ4n) is 3.11. The zero-order valence-electron chi connectivity index (χ0n) is 12.6. The average molecular weight is 290 g/mol. The van der Waals surface area contributed by atoms with Gasteiger partial charge in [-0.25, -0.2) is 0 Å². The third-order valence-corrected chi connectivity index (χ3v) is 5.22. The molecule has 1 aliphatic carbocycles. The molecule has 0 bridgehead atoms. The molecule has 1 aliphatic rings. The van der Waals surface area contributed by atoms with Crippen LogP contribution in [0.15, 0.2) is 24.3 Å². The number of unbranched alkanes of at least 4 members (excludes halogenated alkanes) is 1. The molecule has 2 atom stereocenters. The van der Waals surface area contributed by atoms with Crippen LogP contribution in [-0.2, 0) is 6.54 Å². The molecule has 1 radical (unpaired) electrons. The van der Waals surface area contributed by atoms with Crippen LogP contribution >= 0.6 is 9.24 Å². The van der Waals surface area contributed by atoms with Crippen molar-refractivity contribution < 1.29 is 0 Å². The van der Waals surface area contributed by atoms with Crippen LogP contribution in [0.3, 0.4) is 0 Å². The Morgan fingerprint density at radius 2 is 1.70 bits per heavy atom. The highest BCUT2D eigenvalue weighted by atomic mass is 31.0. The molecular formula is C18H29NP. The topological polar surface area (TPSA) is 26.0 Å². The van der Waals surface area contributed by atoms with Crippen molar-refractivity contribution >= 4 is 9.24 Å². The van der Waals surface area contributed by atoms with Gasteiger partial charge >= 0.3 is 0 Å². The van der Waals surface area contributed by atoms with Gasteiger partial charge in [0.25, 0.3) is 0 Å². The van der Waals surface area contributed by atoms with E-state index in [0.717, 1.165) is 0 Å². The van der Waals surface area contributed by atoms with Gasteiger partial charge in [0.05, 0.1) is 0 Å². The third kappa shape index (κ3) is 5.19. The molecule has 0 saturated heterocycles. The molecule has 111 valence electrons. The number of rotatable bonds is 7. The molecule has 0 heterocycles. The smallest absolute Gasteiger partial charge is 0.0178 e. The van der Waals surface area contributed by atoms with E-state index in [9.17, 15) is 0 Å². The fourth-order valence-corrected chi connectivity index (χ4v) is 3.57. The first-order chi connectivity index (χ1) is 9.79. The van der Waals surface area contributed by atoms with Gasteiger partial charge in [-0.1, -0.05) is 56.4 Å². The monoisotopic (exact) mass is 290 g/mol. The van der Waals surface area contributed by atoms with Gasteiger partial charge < -0.3 is 5.73 Å². The molecule has 1 fully saturated rings. The van der Waals surface area contributed by atoms with Gasteiger partial charge in [-0.05, 0) is 48.4 Å². The first-order valence-corrected chi connectivity index (χ1v) is 8.84. The summed E-state index contributed by atoms with van der Waals surface area (Å²) in [6.07, 6.45) is 12.5. The van der Waals surface area contributed by atoms with Gasteiger partial charge in [0.2, 0.25) is 0 Å². The molecule has 1 nitrogen and oxygen atoms in total. The summed E-state index contributed by atoms with van der Waals surface area (Å²) in [5.74, 6) is 1.84. The molecule has 0 amide bonds. The van der Waals surface area contributed by atoms with E-state index < -0.39 is 0 Å². The summed E-state index contributed by atoms with van der Waals surface area (Å²) < 4.78 is 0. The Kier molecular flexibility index (Phi) is 7.03. The molecule has 0 aromatic heterocycles. The summed E-state index contributed by atoms with van der Waals surface area (Å²) in [5.41, 5.74) is 8.88. The Morgan fingerprint density at radius 3 is 2.35 bits per heavy atom. The van der Waals surface area contributed by atoms with Crippen molar-refractivity contribution in [3.8, 4) is 0 Å². The van der Waals surface area contributed by atoms with E-state index >= 15 is 0 Å². The molecule has 2 N–H and O–H groups in total. The lowest BCUT2D eigenvalue weighted by Gasteiger charge is -2.21. The SMILES string of the molecule is NCc1ccc(C(P)CCCC[C]2CCCCC2)cc1. The minimum absolute atomic E-state index is 0.596. The van der Waals surface area contributed by atoms with Gasteiger partial charge in [0.1, 0.15) is 0 Å². The maximum Gasteiger partial charge on any atom is 0.0178 e. The van der Waals surface area contributed by atoms with Gasteiger partial charge in [-0.2, -0.15) is 0 Å². The molecule has 1 saturated carbocycles. The predicted molar refractivity (Wildman–Crippen MR) is 91.6 cm³/mol. The Bertz CT molecular complexity index is 368. The minimum atomic E-state index is 0.596. The second-order valence-corrected chi connectivity index (χ2v) is 6.91. The maximum atomic E-state index is 5.64. The summed E-state index contributed by atoms with van der Waals surface area (Å²) in [6, 6.07) is 8.78. The summed E-state index contributed by atoms with van der Waals surface area (Å²) in [4.78, 5) is 0. The van der Waals surface area contributed by atoms with Gasteiger partial charge in [0.15, 0.2) is 0 Å². The van der Waals surface area contributed by atoms with Crippen molar-refractivity contribution in [2.75, 3.05) is 0 Å². The van der Waals surface area contributed by atoms with Crippen LogP contribution in [0, 0.1) is 5.92 Å². The van der Waals surface area contributed by atoms with Crippen molar-refractivity contribution in [3.05, 3.63) is 41.3 Å². The fraction of sp³-hybridized carbons (Fsp3) is 0.611. The van der Waals surface area contributed by atoms with Crippen molar-refractivity contribution in [2.45, 2.75) is 70.0 Å². The molecule has 2 unspecified atom stereocenters. The first-order valence-electron chi connectivity index (χ1n) is 8.17. The molecule has 0 spiro atoms. The zero-order chi connectivity index (χ0) is 14.2. The molecule has 2 heteroatoms. The molecule has 0 aliphatic heterocycles. The summed E-state index contributed by atoms with van der Waals surface area (Å²) >= 11 is 0. The van der Waals surface area contributed by atoms with Gasteiger partial charge in [0, 0.05) is 6.54 Å². The molecule has 1 aromatic rings. The van der Waals surface area contributed by atoms with Gasteiger partial charge in [-0.15, -0.1) is 9.24 Å². The van der Waals surface area contributed by atoms with Gasteiger partial charge in [-0.3, -0.25) is 0 Å². The highest BCUT2D eigenvalue weighted by Gasteiger charge is 2.13. The van der Waals surface area contributed by atoms with E-state index in [-0.39, 0.29) is 0 Å². The molecule has 20 heavy (non-hydrogen) atoms. The Labute approximate surface area is 126 Å². The Morgan fingerprint density at radius 1 is 1.00 bits per heavy atom. The normalized spacial score (nSPS) is 18.1. The van der Waals surface area contributed by atoms with E-state index in [1.165, 1.54) is 68.9 Å². The lowest BCUT2D eigenvalue weighted by atomic mass is 9.85. The number of hydrogen-bond acceptors (Lipinski definition) is 1. The maximum absolute atomic E-state index is 5.64. The molecule has 1 aromatic carbocycles. The summed E-state index contributed by atoms with van der Waals surface area (Å²) in [5, 5.41) is 0. The van der Waals surface area contributed by atoms with Crippen molar-refractivity contribution in [3.63, 3.8) is 0 Å². The second-order valence-electron chi connectivity index (χ2n) is 6.11. The second kappa shape index (κ2) is 8.80. The van der Waals surface area contributed by atoms with E-state index in [1.807, 2.05) is 5.92 Å². The van der Waals surface area contributed by atoms with Crippen LogP contribution in [0.1, 0.15) is 74.6 Å². The molecule has 2 rings (SSSR count). The number of hydrogen-bond donors (Lipinski definition) is 1. The lowest BCUT2D eigenvalue weighted by Crippen LogP contribution is -2.03. The minimum Gasteiger partial charge on any atom is -0.326 e. The summed E-state index contributed by atoms with van der Waals surface area (Å²) in [6.45, 7) is 0.639. The summed E-state index contributed by atoms with van der Waals surface area (Å²) in [7, 11) is 3.00. The lowest BCUT2D eigenvalue weighted by molar-refractivity contribution is 0.489. The van der Waals surface area contributed by atoms with E-state index in [4.69, 9.17) is 5.73 Å². The van der Waals surface area contributed by atoms with E-state index in [2.05, 4.69) is 33.5 Å². The van der Waals surface area contributed by atoms with Crippen LogP contribution in [0.5, 0.6) is 0 Å². The van der Waals surface area contributed by atoms with Crippen LogP contribution < -0.4 is 5.73 Å². The number of nitrogens with two attached hydrogens (primary N) is 1. The quantitative estimate of drug-likeness (QED) is 0.544.